The fraction of sp³-hybridized carbons (Fsp3) is 0.750. The molecule has 2 N–H and O–H groups in total. The molecule has 0 saturated carbocycles. The van der Waals surface area contributed by atoms with Crippen molar-refractivity contribution in [3.05, 3.63) is 0 Å². The van der Waals surface area contributed by atoms with Gasteiger partial charge in [-0.15, -0.1) is 0 Å². The normalized spacial score (nSPS) is 32.1. The topological polar surface area (TPSA) is 69.6 Å². The first-order chi connectivity index (χ1) is 6.66. The van der Waals surface area contributed by atoms with E-state index in [4.69, 9.17) is 0 Å². The van der Waals surface area contributed by atoms with E-state index in [0.717, 1.165) is 11.8 Å². The monoisotopic (exact) mass is 216 g/mol. The molecule has 5 nitrogen and oxygen atoms in total. The van der Waals surface area contributed by atoms with Gasteiger partial charge >= 0.3 is 0 Å². The molecule has 0 aliphatic carbocycles. The maximum atomic E-state index is 11.7. The smallest absolute Gasteiger partial charge is 0.279 e. The third-order valence-corrected chi connectivity index (χ3v) is 3.33. The second-order valence-electron chi connectivity index (χ2n) is 3.52. The number of nitrogens with zero attached hydrogens (tertiary/aromatic N) is 1. The molecule has 0 aromatic carbocycles. The molecule has 0 aromatic rings. The summed E-state index contributed by atoms with van der Waals surface area (Å²) in [6.07, 6.45) is 0.239. The van der Waals surface area contributed by atoms with Crippen LogP contribution in [-0.2, 0) is 4.79 Å². The van der Waals surface area contributed by atoms with Crippen LogP contribution < -0.4 is 5.32 Å². The lowest BCUT2D eigenvalue weighted by molar-refractivity contribution is -0.131. The number of amides is 2. The maximum absolute atomic E-state index is 11.7. The lowest BCUT2D eigenvalue weighted by Gasteiger charge is -2.19. The number of aliphatic hydroxyl groups excluding tert-OH is 1. The van der Waals surface area contributed by atoms with Crippen molar-refractivity contribution in [1.82, 2.24) is 10.2 Å². The molecule has 0 radical (unpaired) electrons. The third kappa shape index (κ3) is 1.85. The summed E-state index contributed by atoms with van der Waals surface area (Å²) < 4.78 is 0. The van der Waals surface area contributed by atoms with Crippen molar-refractivity contribution in [2.45, 2.75) is 18.6 Å². The molecule has 0 spiro atoms. The number of rotatable bonds is 1. The van der Waals surface area contributed by atoms with Crippen molar-refractivity contribution in [3.63, 3.8) is 0 Å². The average Bonchev–Trinajstić information content (AvgIpc) is 2.73. The molecule has 0 bridgehead atoms. The van der Waals surface area contributed by atoms with Gasteiger partial charge in [-0.25, -0.2) is 0 Å². The van der Waals surface area contributed by atoms with Crippen molar-refractivity contribution >= 4 is 22.9 Å². The van der Waals surface area contributed by atoms with Crippen LogP contribution in [0.4, 0.5) is 4.79 Å². The van der Waals surface area contributed by atoms with E-state index >= 15 is 0 Å². The highest BCUT2D eigenvalue weighted by Gasteiger charge is 2.34. The molecule has 6 heteroatoms. The number of nitrogens with one attached hydrogen (secondary N) is 1. The van der Waals surface area contributed by atoms with Gasteiger partial charge in [0.1, 0.15) is 6.04 Å². The van der Waals surface area contributed by atoms with E-state index in [0.29, 0.717) is 25.3 Å². The van der Waals surface area contributed by atoms with Gasteiger partial charge < -0.3 is 15.3 Å². The van der Waals surface area contributed by atoms with E-state index in [1.54, 1.807) is 4.90 Å². The van der Waals surface area contributed by atoms with Crippen LogP contribution in [0.3, 0.4) is 0 Å². The Morgan fingerprint density at radius 3 is 2.93 bits per heavy atom. The van der Waals surface area contributed by atoms with Gasteiger partial charge in [-0.3, -0.25) is 9.59 Å². The average molecular weight is 216 g/mol. The predicted molar refractivity (Wildman–Crippen MR) is 52.0 cm³/mol. The van der Waals surface area contributed by atoms with E-state index in [9.17, 15) is 14.7 Å². The largest absolute Gasteiger partial charge is 0.391 e. The Morgan fingerprint density at radius 2 is 2.43 bits per heavy atom. The highest BCUT2D eigenvalue weighted by Crippen LogP contribution is 2.17. The van der Waals surface area contributed by atoms with Crippen LogP contribution >= 0.6 is 11.8 Å². The molecule has 2 atom stereocenters. The first kappa shape index (κ1) is 9.79. The van der Waals surface area contributed by atoms with Gasteiger partial charge in [-0.1, -0.05) is 11.8 Å². The summed E-state index contributed by atoms with van der Waals surface area (Å²) in [6, 6.07) is -0.391. The molecule has 2 fully saturated rings. The van der Waals surface area contributed by atoms with Crippen LogP contribution in [0.5, 0.6) is 0 Å². The fourth-order valence-electron chi connectivity index (χ4n) is 1.68. The van der Waals surface area contributed by atoms with Crippen LogP contribution in [0.1, 0.15) is 6.42 Å². The van der Waals surface area contributed by atoms with Crippen LogP contribution in [-0.4, -0.2) is 52.1 Å². The molecule has 0 aromatic heterocycles. The lowest BCUT2D eigenvalue weighted by Crippen LogP contribution is -2.44. The number of thioether (sulfide) groups is 1. The zero-order valence-electron chi connectivity index (χ0n) is 7.60. The number of hydrogen-bond donors (Lipinski definition) is 2. The lowest BCUT2D eigenvalue weighted by atomic mass is 10.3. The quantitative estimate of drug-likeness (QED) is 0.614. The minimum atomic E-state index is -0.399. The van der Waals surface area contributed by atoms with E-state index in [2.05, 4.69) is 5.32 Å². The molecule has 78 valence electrons. The van der Waals surface area contributed by atoms with Crippen molar-refractivity contribution < 1.29 is 14.7 Å². The second kappa shape index (κ2) is 3.78. The Balaban J connectivity index is 1.92. The summed E-state index contributed by atoms with van der Waals surface area (Å²) in [5.41, 5.74) is 0. The molecular formula is C8H12N2O3S. The summed E-state index contributed by atoms with van der Waals surface area (Å²) in [5, 5.41) is 11.7. The van der Waals surface area contributed by atoms with E-state index < -0.39 is 12.1 Å². The minimum absolute atomic E-state index is 0.0695. The van der Waals surface area contributed by atoms with Crippen LogP contribution in [0.15, 0.2) is 0 Å². The first-order valence-electron chi connectivity index (χ1n) is 4.57. The number of hydrogen-bond acceptors (Lipinski definition) is 4. The SMILES string of the molecule is O=C1NC(C(=O)N2CC[C@@H](O)C2)CS1. The van der Waals surface area contributed by atoms with E-state index in [1.807, 2.05) is 0 Å². The van der Waals surface area contributed by atoms with E-state index in [1.165, 1.54) is 0 Å². The van der Waals surface area contributed by atoms with Gasteiger partial charge in [-0.05, 0) is 6.42 Å². The highest BCUT2D eigenvalue weighted by atomic mass is 32.2. The molecule has 2 rings (SSSR count). The molecule has 2 aliphatic heterocycles. The number of carbonyl (C=O) groups excluding carboxylic acids is 2. The Bertz CT molecular complexity index is 271. The molecule has 2 aliphatic rings. The second-order valence-corrected chi connectivity index (χ2v) is 4.51. The van der Waals surface area contributed by atoms with Gasteiger partial charge in [0.05, 0.1) is 6.10 Å². The van der Waals surface area contributed by atoms with Crippen molar-refractivity contribution in [1.29, 1.82) is 0 Å². The fourth-order valence-corrected chi connectivity index (χ4v) is 2.45. The van der Waals surface area contributed by atoms with Gasteiger partial charge in [0.15, 0.2) is 0 Å². The van der Waals surface area contributed by atoms with E-state index in [-0.39, 0.29) is 11.1 Å². The summed E-state index contributed by atoms with van der Waals surface area (Å²) in [5.74, 6) is 0.435. The van der Waals surface area contributed by atoms with Crippen molar-refractivity contribution in [3.8, 4) is 0 Å². The van der Waals surface area contributed by atoms with Crippen molar-refractivity contribution in [2.24, 2.45) is 0 Å². The molecule has 14 heavy (non-hydrogen) atoms. The molecule has 1 unspecified atom stereocenters. The van der Waals surface area contributed by atoms with Gasteiger partial charge in [0, 0.05) is 18.8 Å². The molecule has 2 amide bonds. The first-order valence-corrected chi connectivity index (χ1v) is 5.55. The van der Waals surface area contributed by atoms with Crippen LogP contribution in [0.25, 0.3) is 0 Å². The van der Waals surface area contributed by atoms with Gasteiger partial charge in [-0.2, -0.15) is 0 Å². The number of likely N-dealkylation sites (tertiary alicyclic amines) is 1. The maximum Gasteiger partial charge on any atom is 0.279 e. The zero-order chi connectivity index (χ0) is 10.1. The van der Waals surface area contributed by atoms with Crippen LogP contribution in [0, 0.1) is 0 Å². The van der Waals surface area contributed by atoms with Gasteiger partial charge in [0.25, 0.3) is 5.24 Å². The number of β-amino-alcohol motifs (C(OH)–C–C–N with tert-alkyl or cyclic N) is 1. The summed E-state index contributed by atoms with van der Waals surface area (Å²) in [6.45, 7) is 0.993. The van der Waals surface area contributed by atoms with Gasteiger partial charge in [0.2, 0.25) is 5.91 Å². The molecule has 2 heterocycles. The Hall–Kier alpha value is -0.750. The number of carbonyl (C=O) groups is 2. The van der Waals surface area contributed by atoms with Crippen LogP contribution in [0.2, 0.25) is 0 Å². The summed E-state index contributed by atoms with van der Waals surface area (Å²) in [7, 11) is 0. The Kier molecular flexibility index (Phi) is 2.64. The highest BCUT2D eigenvalue weighted by molar-refractivity contribution is 8.14. The van der Waals surface area contributed by atoms with Crippen molar-refractivity contribution in [2.75, 3.05) is 18.8 Å². The Morgan fingerprint density at radius 1 is 1.64 bits per heavy atom. The third-order valence-electron chi connectivity index (χ3n) is 2.45. The Labute approximate surface area is 85.8 Å². The predicted octanol–water partition coefficient (Wildman–Crippen LogP) is -0.595. The molecule has 2 saturated heterocycles. The number of aliphatic hydroxyl groups is 1. The summed E-state index contributed by atoms with van der Waals surface area (Å²) in [4.78, 5) is 24.2. The molecular weight excluding hydrogens is 204 g/mol. The zero-order valence-corrected chi connectivity index (χ0v) is 8.42. The summed E-state index contributed by atoms with van der Waals surface area (Å²) >= 11 is 1.13. The minimum Gasteiger partial charge on any atom is -0.391 e. The standard InChI is InChI=1S/C8H12N2O3S/c11-5-1-2-10(3-5)7(12)6-4-14-8(13)9-6/h5-6,11H,1-4H2,(H,9,13)/t5-,6?/m1/s1.